The highest BCUT2D eigenvalue weighted by atomic mass is 79.9. The van der Waals surface area contributed by atoms with Gasteiger partial charge in [-0.1, -0.05) is 15.9 Å². The minimum absolute atomic E-state index is 0.0830. The maximum atomic E-state index is 11.4. The van der Waals surface area contributed by atoms with Crippen molar-refractivity contribution in [2.75, 3.05) is 17.8 Å². The van der Waals surface area contributed by atoms with Crippen LogP contribution in [0.4, 0.5) is 11.4 Å². The Morgan fingerprint density at radius 1 is 1.59 bits per heavy atom. The average molecular weight is 303 g/mol. The van der Waals surface area contributed by atoms with Gasteiger partial charge in [0.05, 0.1) is 23.8 Å². The quantitative estimate of drug-likeness (QED) is 0.514. The third-order valence-corrected chi connectivity index (χ3v) is 2.39. The van der Waals surface area contributed by atoms with E-state index in [-0.39, 0.29) is 17.3 Å². The molecule has 0 aromatic heterocycles. The molecule has 1 amide bonds. The molecule has 1 aromatic carbocycles. The normalized spacial score (nSPS) is 9.76. The molecule has 0 bridgehead atoms. The third-order valence-electron chi connectivity index (χ3n) is 1.99. The van der Waals surface area contributed by atoms with Crippen LogP contribution in [0.15, 0.2) is 18.2 Å². The van der Waals surface area contributed by atoms with Gasteiger partial charge >= 0.3 is 0 Å². The number of benzene rings is 1. The van der Waals surface area contributed by atoms with E-state index in [4.69, 9.17) is 4.74 Å². The smallest absolute Gasteiger partial charge is 0.273 e. The zero-order valence-electron chi connectivity index (χ0n) is 9.10. The highest BCUT2D eigenvalue weighted by molar-refractivity contribution is 9.09. The van der Waals surface area contributed by atoms with Crippen molar-refractivity contribution < 1.29 is 14.5 Å². The number of nitro groups is 1. The molecule has 92 valence electrons. The standard InChI is InChI=1S/C10H11BrN2O4/c1-17-9-6-7(13(15)16)2-3-8(9)12-10(14)4-5-11/h2-3,6H,4-5H2,1H3,(H,12,14). The molecule has 0 saturated carbocycles. The van der Waals surface area contributed by atoms with Gasteiger partial charge in [0, 0.05) is 17.8 Å². The Bertz CT molecular complexity index is 436. The van der Waals surface area contributed by atoms with E-state index in [1.165, 1.54) is 25.3 Å². The fraction of sp³-hybridized carbons (Fsp3) is 0.300. The summed E-state index contributed by atoms with van der Waals surface area (Å²) in [5.41, 5.74) is 0.337. The van der Waals surface area contributed by atoms with Crippen molar-refractivity contribution in [1.29, 1.82) is 0 Å². The van der Waals surface area contributed by atoms with Crippen LogP contribution >= 0.6 is 15.9 Å². The Balaban J connectivity index is 2.92. The molecule has 17 heavy (non-hydrogen) atoms. The molecule has 0 fully saturated rings. The van der Waals surface area contributed by atoms with Crippen molar-refractivity contribution in [3.8, 4) is 5.75 Å². The van der Waals surface area contributed by atoms with Gasteiger partial charge in [0.1, 0.15) is 5.75 Å². The summed E-state index contributed by atoms with van der Waals surface area (Å²) in [6, 6.07) is 4.03. The molecule has 0 unspecified atom stereocenters. The fourth-order valence-corrected chi connectivity index (χ4v) is 1.56. The topological polar surface area (TPSA) is 81.5 Å². The third kappa shape index (κ3) is 3.70. The second-order valence-electron chi connectivity index (χ2n) is 3.13. The van der Waals surface area contributed by atoms with Crippen LogP contribution in [0.5, 0.6) is 5.75 Å². The summed E-state index contributed by atoms with van der Waals surface area (Å²) in [6.07, 6.45) is 0.320. The van der Waals surface area contributed by atoms with Crippen LogP contribution in [0.2, 0.25) is 0 Å². The number of ether oxygens (including phenoxy) is 1. The van der Waals surface area contributed by atoms with Gasteiger partial charge in [-0.05, 0) is 6.07 Å². The first-order valence-electron chi connectivity index (χ1n) is 4.76. The van der Waals surface area contributed by atoms with Gasteiger partial charge in [0.2, 0.25) is 5.91 Å². The predicted octanol–water partition coefficient (Wildman–Crippen LogP) is 2.33. The van der Waals surface area contributed by atoms with Gasteiger partial charge in [-0.15, -0.1) is 0 Å². The number of nitrogens with zero attached hydrogens (tertiary/aromatic N) is 1. The molecule has 0 heterocycles. The maximum Gasteiger partial charge on any atom is 0.273 e. The number of hydrogen-bond donors (Lipinski definition) is 1. The van der Waals surface area contributed by atoms with Gasteiger partial charge in [0.15, 0.2) is 0 Å². The Hall–Kier alpha value is -1.63. The van der Waals surface area contributed by atoms with Crippen molar-refractivity contribution in [2.24, 2.45) is 0 Å². The van der Waals surface area contributed by atoms with Gasteiger partial charge in [-0.3, -0.25) is 14.9 Å². The number of non-ortho nitro benzene ring substituents is 1. The van der Waals surface area contributed by atoms with E-state index in [0.717, 1.165) is 0 Å². The summed E-state index contributed by atoms with van der Waals surface area (Å²) in [5, 5.41) is 13.7. The molecule has 0 saturated heterocycles. The highest BCUT2D eigenvalue weighted by Crippen LogP contribution is 2.28. The van der Waals surface area contributed by atoms with Gasteiger partial charge in [-0.25, -0.2) is 0 Å². The van der Waals surface area contributed by atoms with E-state index in [2.05, 4.69) is 21.2 Å². The largest absolute Gasteiger partial charge is 0.494 e. The average Bonchev–Trinajstić information content (AvgIpc) is 2.29. The van der Waals surface area contributed by atoms with E-state index in [1.54, 1.807) is 0 Å². The highest BCUT2D eigenvalue weighted by Gasteiger charge is 2.12. The van der Waals surface area contributed by atoms with Crippen LogP contribution in [0.25, 0.3) is 0 Å². The zero-order chi connectivity index (χ0) is 12.8. The summed E-state index contributed by atoms with van der Waals surface area (Å²) in [5.74, 6) is 0.0798. The summed E-state index contributed by atoms with van der Waals surface area (Å²) in [7, 11) is 1.39. The van der Waals surface area contributed by atoms with Crippen LogP contribution < -0.4 is 10.1 Å². The van der Waals surface area contributed by atoms with Crippen LogP contribution in [0.1, 0.15) is 6.42 Å². The molecular formula is C10H11BrN2O4. The number of halogens is 1. The summed E-state index contributed by atoms with van der Waals surface area (Å²) in [4.78, 5) is 21.4. The van der Waals surface area contributed by atoms with Crippen molar-refractivity contribution in [2.45, 2.75) is 6.42 Å². The minimum Gasteiger partial charge on any atom is -0.494 e. The lowest BCUT2D eigenvalue weighted by Crippen LogP contribution is -2.12. The van der Waals surface area contributed by atoms with E-state index >= 15 is 0 Å². The number of methoxy groups -OCH3 is 1. The second kappa shape index (κ2) is 6.19. The number of anilines is 1. The Labute approximate surface area is 106 Å². The lowest BCUT2D eigenvalue weighted by molar-refractivity contribution is -0.384. The maximum absolute atomic E-state index is 11.4. The molecule has 0 radical (unpaired) electrons. The zero-order valence-corrected chi connectivity index (χ0v) is 10.7. The SMILES string of the molecule is COc1cc([N+](=O)[O-])ccc1NC(=O)CCBr. The lowest BCUT2D eigenvalue weighted by Gasteiger charge is -2.09. The monoisotopic (exact) mass is 302 g/mol. The molecule has 1 N–H and O–H groups in total. The Morgan fingerprint density at radius 3 is 2.82 bits per heavy atom. The molecule has 0 aliphatic heterocycles. The molecule has 6 nitrogen and oxygen atoms in total. The number of rotatable bonds is 5. The summed E-state index contributed by atoms with van der Waals surface area (Å²) in [6.45, 7) is 0. The molecule has 0 spiro atoms. The minimum atomic E-state index is -0.521. The summed E-state index contributed by atoms with van der Waals surface area (Å²) < 4.78 is 4.98. The first-order valence-corrected chi connectivity index (χ1v) is 5.89. The van der Waals surface area contributed by atoms with Crippen LogP contribution in [-0.4, -0.2) is 23.3 Å². The van der Waals surface area contributed by atoms with Gasteiger partial charge in [-0.2, -0.15) is 0 Å². The van der Waals surface area contributed by atoms with Gasteiger partial charge < -0.3 is 10.1 Å². The molecule has 0 atom stereocenters. The number of carbonyl (C=O) groups is 1. The summed E-state index contributed by atoms with van der Waals surface area (Å²) >= 11 is 3.15. The number of nitrogens with one attached hydrogen (secondary N) is 1. The number of carbonyl (C=O) groups excluding carboxylic acids is 1. The van der Waals surface area contributed by atoms with E-state index in [9.17, 15) is 14.9 Å². The first kappa shape index (κ1) is 13.4. The Morgan fingerprint density at radius 2 is 2.29 bits per heavy atom. The second-order valence-corrected chi connectivity index (χ2v) is 3.92. The van der Waals surface area contributed by atoms with Crippen molar-refractivity contribution in [3.63, 3.8) is 0 Å². The predicted molar refractivity (Wildman–Crippen MR) is 66.7 cm³/mol. The van der Waals surface area contributed by atoms with Crippen LogP contribution in [-0.2, 0) is 4.79 Å². The molecule has 0 aliphatic rings. The number of amides is 1. The van der Waals surface area contributed by atoms with E-state index < -0.39 is 4.92 Å². The molecule has 1 rings (SSSR count). The van der Waals surface area contributed by atoms with Crippen LogP contribution in [0, 0.1) is 10.1 Å². The van der Waals surface area contributed by atoms with E-state index in [1.807, 2.05) is 0 Å². The van der Waals surface area contributed by atoms with Crippen molar-refractivity contribution in [3.05, 3.63) is 28.3 Å². The number of hydrogen-bond acceptors (Lipinski definition) is 4. The molecule has 7 heteroatoms. The van der Waals surface area contributed by atoms with E-state index in [0.29, 0.717) is 17.4 Å². The molecular weight excluding hydrogens is 292 g/mol. The van der Waals surface area contributed by atoms with Crippen LogP contribution in [0.3, 0.4) is 0 Å². The lowest BCUT2D eigenvalue weighted by atomic mass is 10.2. The van der Waals surface area contributed by atoms with Crippen molar-refractivity contribution >= 4 is 33.2 Å². The first-order chi connectivity index (χ1) is 8.08. The number of alkyl halides is 1. The van der Waals surface area contributed by atoms with Gasteiger partial charge in [0.25, 0.3) is 5.69 Å². The number of nitro benzene ring substituents is 1. The van der Waals surface area contributed by atoms with Crippen molar-refractivity contribution in [1.82, 2.24) is 0 Å². The molecule has 1 aromatic rings. The fourth-order valence-electron chi connectivity index (χ4n) is 1.20. The Kier molecular flexibility index (Phi) is 4.89. The molecule has 0 aliphatic carbocycles.